The molecule has 0 amide bonds. The molecule has 0 unspecified atom stereocenters. The minimum absolute atomic E-state index is 0.0482. The molecule has 0 bridgehead atoms. The molecule has 35 heavy (non-hydrogen) atoms. The van der Waals surface area contributed by atoms with Crippen molar-refractivity contribution in [3.8, 4) is 0 Å². The monoisotopic (exact) mass is 476 g/mol. The lowest BCUT2D eigenvalue weighted by Gasteiger charge is -2.41. The van der Waals surface area contributed by atoms with Crippen molar-refractivity contribution in [1.29, 1.82) is 0 Å². The second-order valence-electron chi connectivity index (χ2n) is 16.6. The second-order valence-corrected chi connectivity index (χ2v) is 16.6. The molecule has 0 atom stereocenters. The lowest BCUT2D eigenvalue weighted by atomic mass is 9.63. The summed E-state index contributed by atoms with van der Waals surface area (Å²) in [7, 11) is 0. The van der Waals surface area contributed by atoms with E-state index in [1.54, 1.807) is 0 Å². The molecular weight excluding hydrogens is 420 g/mol. The smallest absolute Gasteiger partial charge is 0.0152 e. The van der Waals surface area contributed by atoms with Gasteiger partial charge in [0.15, 0.2) is 0 Å². The maximum atomic E-state index is 2.58. The van der Waals surface area contributed by atoms with E-state index in [9.17, 15) is 0 Å². The fourth-order valence-corrected chi connectivity index (χ4v) is 5.31. The molecule has 0 heteroatoms. The fraction of sp³-hybridized carbons (Fsp3) is 0.657. The molecule has 0 saturated carbocycles. The summed E-state index contributed by atoms with van der Waals surface area (Å²) in [6, 6.07) is 12.4. The third kappa shape index (κ3) is 6.23. The van der Waals surface area contributed by atoms with Crippen LogP contribution in [-0.4, -0.2) is 0 Å². The van der Waals surface area contributed by atoms with Crippen LogP contribution in [0.2, 0.25) is 0 Å². The zero-order chi connectivity index (χ0) is 27.6. The van der Waals surface area contributed by atoms with Crippen LogP contribution in [0.3, 0.4) is 0 Å². The van der Waals surface area contributed by atoms with Gasteiger partial charge in [-0.3, -0.25) is 0 Å². The maximum absolute atomic E-state index is 2.58. The van der Waals surface area contributed by atoms with E-state index in [1.807, 2.05) is 0 Å². The zero-order valence-corrected chi connectivity index (χ0v) is 26.4. The summed E-state index contributed by atoms with van der Waals surface area (Å²) in [4.78, 5) is 0. The number of rotatable bonds is 2. The predicted molar refractivity (Wildman–Crippen MR) is 159 cm³/mol. The van der Waals surface area contributed by atoms with Gasteiger partial charge in [0.1, 0.15) is 0 Å². The molecule has 2 aromatic carbocycles. The van der Waals surface area contributed by atoms with Crippen LogP contribution < -0.4 is 0 Å². The molecule has 0 aliphatic rings. The highest BCUT2D eigenvalue weighted by molar-refractivity contribution is 5.55. The lowest BCUT2D eigenvalue weighted by molar-refractivity contribution is 0.501. The largest absolute Gasteiger partial charge is 0.0582 e. The van der Waals surface area contributed by atoms with E-state index in [4.69, 9.17) is 0 Å². The van der Waals surface area contributed by atoms with Crippen molar-refractivity contribution in [2.75, 3.05) is 0 Å². The number of hydrogen-bond donors (Lipinski definition) is 0. The Morgan fingerprint density at radius 1 is 0.314 bits per heavy atom. The first kappa shape index (κ1) is 29.7. The summed E-state index contributed by atoms with van der Waals surface area (Å²) in [5.74, 6) is 0. The first-order valence-corrected chi connectivity index (χ1v) is 13.6. The quantitative estimate of drug-likeness (QED) is 0.404. The van der Waals surface area contributed by atoms with Gasteiger partial charge in [-0.05, 0) is 66.0 Å². The van der Waals surface area contributed by atoms with E-state index in [0.717, 1.165) is 0 Å². The van der Waals surface area contributed by atoms with E-state index >= 15 is 0 Å². The molecule has 0 aliphatic heterocycles. The van der Waals surface area contributed by atoms with Gasteiger partial charge in [-0.25, -0.2) is 0 Å². The van der Waals surface area contributed by atoms with Crippen LogP contribution in [0.1, 0.15) is 157 Å². The van der Waals surface area contributed by atoms with E-state index in [1.165, 1.54) is 38.9 Å². The molecule has 0 radical (unpaired) electrons. The molecule has 196 valence electrons. The van der Waals surface area contributed by atoms with Crippen molar-refractivity contribution in [1.82, 2.24) is 0 Å². The number of hydrogen-bond acceptors (Lipinski definition) is 0. The minimum Gasteiger partial charge on any atom is -0.0582 e. The number of benzene rings is 2. The third-order valence-electron chi connectivity index (χ3n) is 7.62. The van der Waals surface area contributed by atoms with Gasteiger partial charge in [0, 0.05) is 5.41 Å². The standard InChI is InChI=1S/C35H56/c1-30(2,3)23-18-19-24(31(4,5)6)28(20-23)35(16,17)29-22-26(33(10,11)12)25(32(7,8)9)21-27(29)34(13,14)15/h18-22H,1-17H3. The zero-order valence-electron chi connectivity index (χ0n) is 26.4. The third-order valence-corrected chi connectivity index (χ3v) is 7.62. The van der Waals surface area contributed by atoms with Gasteiger partial charge in [0.2, 0.25) is 0 Å². The van der Waals surface area contributed by atoms with Gasteiger partial charge in [-0.15, -0.1) is 0 Å². The van der Waals surface area contributed by atoms with Crippen molar-refractivity contribution in [3.05, 3.63) is 69.3 Å². The summed E-state index contributed by atoms with van der Waals surface area (Å²) in [5.41, 5.74) is 10.5. The van der Waals surface area contributed by atoms with Crippen LogP contribution in [0.15, 0.2) is 30.3 Å². The molecule has 0 fully saturated rings. The van der Waals surface area contributed by atoms with Gasteiger partial charge >= 0.3 is 0 Å². The molecular formula is C35H56. The Morgan fingerprint density at radius 3 is 0.971 bits per heavy atom. The van der Waals surface area contributed by atoms with Crippen molar-refractivity contribution in [2.45, 2.75) is 150 Å². The Hall–Kier alpha value is -1.56. The highest BCUT2D eigenvalue weighted by atomic mass is 14.4. The molecule has 2 rings (SSSR count). The fourth-order valence-electron chi connectivity index (χ4n) is 5.31. The topological polar surface area (TPSA) is 0 Å². The van der Waals surface area contributed by atoms with Gasteiger partial charge in [-0.2, -0.15) is 0 Å². The molecule has 0 nitrogen and oxygen atoms in total. The summed E-state index contributed by atoms with van der Waals surface area (Å²) >= 11 is 0. The molecule has 0 aromatic heterocycles. The van der Waals surface area contributed by atoms with Gasteiger partial charge in [0.25, 0.3) is 0 Å². The van der Waals surface area contributed by atoms with Gasteiger partial charge in [0.05, 0.1) is 0 Å². The molecule has 0 saturated heterocycles. The first-order chi connectivity index (χ1) is 15.3. The summed E-state index contributed by atoms with van der Waals surface area (Å²) in [5, 5.41) is 0. The molecule has 2 aromatic rings. The van der Waals surface area contributed by atoms with Crippen molar-refractivity contribution in [3.63, 3.8) is 0 Å². The Balaban J connectivity index is 3.09. The SMILES string of the molecule is CC(C)(C)c1ccc(C(C)(C)C)c(C(C)(C)c2cc(C(C)(C)C)c(C(C)(C)C)cc2C(C)(C)C)c1. The molecule has 0 heterocycles. The Labute approximate surface area is 219 Å². The highest BCUT2D eigenvalue weighted by Crippen LogP contribution is 2.47. The molecule has 0 spiro atoms. The summed E-state index contributed by atoms with van der Waals surface area (Å²) in [6.45, 7) is 40.3. The second kappa shape index (κ2) is 8.78. The predicted octanol–water partition coefficient (Wildman–Crippen LogP) is 10.5. The molecule has 0 aliphatic carbocycles. The Morgan fingerprint density at radius 2 is 0.629 bits per heavy atom. The van der Waals surface area contributed by atoms with Crippen LogP contribution >= 0.6 is 0 Å². The van der Waals surface area contributed by atoms with Crippen molar-refractivity contribution in [2.24, 2.45) is 0 Å². The van der Waals surface area contributed by atoms with Gasteiger partial charge < -0.3 is 0 Å². The average Bonchev–Trinajstić information content (AvgIpc) is 2.62. The van der Waals surface area contributed by atoms with Crippen LogP contribution in [0, 0.1) is 0 Å². The Bertz CT molecular complexity index is 1060. The summed E-state index contributed by atoms with van der Waals surface area (Å²) in [6.07, 6.45) is 0. The first-order valence-electron chi connectivity index (χ1n) is 13.6. The highest BCUT2D eigenvalue weighted by Gasteiger charge is 2.37. The minimum atomic E-state index is -0.136. The van der Waals surface area contributed by atoms with Crippen LogP contribution in [0.25, 0.3) is 0 Å². The average molecular weight is 477 g/mol. The van der Waals surface area contributed by atoms with Gasteiger partial charge in [-0.1, -0.05) is 148 Å². The van der Waals surface area contributed by atoms with Crippen molar-refractivity contribution >= 4 is 0 Å². The van der Waals surface area contributed by atoms with E-state index in [-0.39, 0.29) is 32.5 Å². The maximum Gasteiger partial charge on any atom is 0.0152 e. The van der Waals surface area contributed by atoms with E-state index in [0.29, 0.717) is 0 Å². The van der Waals surface area contributed by atoms with Crippen LogP contribution in [0.5, 0.6) is 0 Å². The van der Waals surface area contributed by atoms with E-state index < -0.39 is 0 Å². The Kier molecular flexibility index (Phi) is 7.44. The van der Waals surface area contributed by atoms with E-state index in [2.05, 4.69) is 148 Å². The lowest BCUT2D eigenvalue weighted by Crippen LogP contribution is -2.32. The van der Waals surface area contributed by atoms with Crippen molar-refractivity contribution < 1.29 is 0 Å². The van der Waals surface area contributed by atoms with Crippen LogP contribution in [-0.2, 0) is 32.5 Å². The van der Waals surface area contributed by atoms with Crippen LogP contribution in [0.4, 0.5) is 0 Å². The molecule has 0 N–H and O–H groups in total. The normalized spacial score (nSPS) is 14.4. The summed E-state index contributed by atoms with van der Waals surface area (Å²) < 4.78 is 0.